The lowest BCUT2D eigenvalue weighted by Crippen LogP contribution is -2.48. The maximum absolute atomic E-state index is 12.7. The van der Waals surface area contributed by atoms with Crippen molar-refractivity contribution < 1.29 is 14.5 Å². The molecule has 0 spiro atoms. The highest BCUT2D eigenvalue weighted by Crippen LogP contribution is 2.22. The minimum atomic E-state index is -0.539. The van der Waals surface area contributed by atoms with Gasteiger partial charge in [-0.3, -0.25) is 25.0 Å². The quantitative estimate of drug-likeness (QED) is 0.277. The summed E-state index contributed by atoms with van der Waals surface area (Å²) in [6.07, 6.45) is 0. The Hall–Kier alpha value is -4.02. The van der Waals surface area contributed by atoms with Gasteiger partial charge in [0.15, 0.2) is 5.11 Å². The number of nitrogens with zero attached hydrogens (tertiary/aromatic N) is 3. The van der Waals surface area contributed by atoms with Crippen LogP contribution in [0.1, 0.15) is 26.3 Å². The van der Waals surface area contributed by atoms with Gasteiger partial charge < -0.3 is 15.1 Å². The summed E-state index contributed by atoms with van der Waals surface area (Å²) in [5.41, 5.74) is 2.79. The van der Waals surface area contributed by atoms with Crippen LogP contribution in [0.5, 0.6) is 0 Å². The highest BCUT2D eigenvalue weighted by Gasteiger charge is 2.22. The number of hydrogen-bond donors (Lipinski definition) is 2. The SMILES string of the molecule is Cc1ccc(C(=O)NC(=S)Nc2ccc(N3CCN(C(=O)c4ccc(Cl)cc4)CC3)cc2)cc1[N+](=O)[O-]. The molecule has 1 fully saturated rings. The van der Waals surface area contributed by atoms with Crippen LogP contribution >= 0.6 is 23.8 Å². The number of rotatable bonds is 5. The molecular weight excluding hydrogens is 514 g/mol. The van der Waals surface area contributed by atoms with Crippen molar-refractivity contribution in [3.8, 4) is 0 Å². The standard InChI is InChI=1S/C26H24ClN5O4S/c1-17-2-3-19(16-23(17)32(35)36)24(33)29-26(37)28-21-8-10-22(11-9-21)30-12-14-31(15-13-30)25(34)18-4-6-20(27)7-5-18/h2-11,16H,12-15H2,1H3,(H2,28,29,33,37). The third-order valence-electron chi connectivity index (χ3n) is 6.04. The maximum atomic E-state index is 12.7. The van der Waals surface area contributed by atoms with Gasteiger partial charge in [-0.05, 0) is 73.7 Å². The summed E-state index contributed by atoms with van der Waals surface area (Å²) in [6, 6.07) is 18.7. The van der Waals surface area contributed by atoms with E-state index in [1.165, 1.54) is 18.2 Å². The zero-order valence-electron chi connectivity index (χ0n) is 19.9. The summed E-state index contributed by atoms with van der Waals surface area (Å²) in [5, 5.41) is 17.3. The molecule has 0 unspecified atom stereocenters. The van der Waals surface area contributed by atoms with Crippen molar-refractivity contribution in [3.05, 3.63) is 98.6 Å². The Morgan fingerprint density at radius 3 is 2.19 bits per heavy atom. The number of aryl methyl sites for hydroxylation is 1. The number of halogens is 1. The molecule has 1 heterocycles. The van der Waals surface area contributed by atoms with Crippen LogP contribution in [0.2, 0.25) is 5.02 Å². The van der Waals surface area contributed by atoms with Gasteiger partial charge in [-0.2, -0.15) is 0 Å². The lowest BCUT2D eigenvalue weighted by Gasteiger charge is -2.36. The van der Waals surface area contributed by atoms with E-state index in [1.54, 1.807) is 31.2 Å². The molecule has 0 atom stereocenters. The summed E-state index contributed by atoms with van der Waals surface area (Å²) < 4.78 is 0. The van der Waals surface area contributed by atoms with Gasteiger partial charge in [0, 0.05) is 65.3 Å². The molecule has 11 heteroatoms. The summed E-state index contributed by atoms with van der Waals surface area (Å²) in [6.45, 7) is 4.21. The Balaban J connectivity index is 1.29. The van der Waals surface area contributed by atoms with E-state index in [2.05, 4.69) is 15.5 Å². The van der Waals surface area contributed by atoms with E-state index in [1.807, 2.05) is 29.2 Å². The van der Waals surface area contributed by atoms with E-state index in [4.69, 9.17) is 23.8 Å². The molecule has 0 saturated carbocycles. The largest absolute Gasteiger partial charge is 0.368 e. The summed E-state index contributed by atoms with van der Waals surface area (Å²) in [4.78, 5) is 39.8. The zero-order valence-corrected chi connectivity index (χ0v) is 21.5. The maximum Gasteiger partial charge on any atom is 0.273 e. The minimum Gasteiger partial charge on any atom is -0.368 e. The molecule has 0 aromatic heterocycles. The van der Waals surface area contributed by atoms with E-state index in [0.717, 1.165) is 5.69 Å². The van der Waals surface area contributed by atoms with Gasteiger partial charge in [-0.1, -0.05) is 17.7 Å². The fourth-order valence-electron chi connectivity index (χ4n) is 3.98. The van der Waals surface area contributed by atoms with Crippen LogP contribution in [0.4, 0.5) is 17.1 Å². The fourth-order valence-corrected chi connectivity index (χ4v) is 4.32. The topological polar surface area (TPSA) is 108 Å². The first-order valence-electron chi connectivity index (χ1n) is 11.5. The van der Waals surface area contributed by atoms with Crippen LogP contribution in [0.25, 0.3) is 0 Å². The van der Waals surface area contributed by atoms with Crippen LogP contribution in [-0.2, 0) is 0 Å². The molecule has 2 N–H and O–H groups in total. The number of nitro groups is 1. The number of nitro benzene ring substituents is 1. The second-order valence-corrected chi connectivity index (χ2v) is 9.34. The van der Waals surface area contributed by atoms with Crippen LogP contribution in [0.3, 0.4) is 0 Å². The first kappa shape index (κ1) is 26.1. The number of nitrogens with one attached hydrogen (secondary N) is 2. The lowest BCUT2D eigenvalue weighted by molar-refractivity contribution is -0.385. The predicted molar refractivity (Wildman–Crippen MR) is 148 cm³/mol. The van der Waals surface area contributed by atoms with Crippen molar-refractivity contribution in [2.45, 2.75) is 6.92 Å². The average molecular weight is 538 g/mol. The van der Waals surface area contributed by atoms with Gasteiger partial charge in [0.1, 0.15) is 0 Å². The van der Waals surface area contributed by atoms with Crippen LogP contribution < -0.4 is 15.5 Å². The van der Waals surface area contributed by atoms with E-state index < -0.39 is 10.8 Å². The summed E-state index contributed by atoms with van der Waals surface area (Å²) >= 11 is 11.1. The average Bonchev–Trinajstić information content (AvgIpc) is 2.89. The van der Waals surface area contributed by atoms with Crippen molar-refractivity contribution in [1.82, 2.24) is 10.2 Å². The Morgan fingerprint density at radius 1 is 0.946 bits per heavy atom. The second-order valence-electron chi connectivity index (χ2n) is 8.50. The lowest BCUT2D eigenvalue weighted by atomic mass is 10.1. The van der Waals surface area contributed by atoms with E-state index >= 15 is 0 Å². The molecule has 2 amide bonds. The Labute approximate surface area is 224 Å². The summed E-state index contributed by atoms with van der Waals surface area (Å²) in [5.74, 6) is -0.546. The molecule has 37 heavy (non-hydrogen) atoms. The molecule has 3 aromatic carbocycles. The molecular formula is C26H24ClN5O4S. The molecule has 1 aliphatic heterocycles. The number of amides is 2. The van der Waals surface area contributed by atoms with E-state index in [-0.39, 0.29) is 22.3 Å². The highest BCUT2D eigenvalue weighted by atomic mass is 35.5. The van der Waals surface area contributed by atoms with Crippen LogP contribution in [0.15, 0.2) is 66.7 Å². The molecule has 1 saturated heterocycles. The zero-order chi connectivity index (χ0) is 26.5. The second kappa shape index (κ2) is 11.4. The molecule has 0 bridgehead atoms. The normalized spacial score (nSPS) is 13.1. The molecule has 4 rings (SSSR count). The number of carbonyl (C=O) groups is 2. The Kier molecular flexibility index (Phi) is 8.00. The van der Waals surface area contributed by atoms with E-state index in [0.29, 0.717) is 48.0 Å². The van der Waals surface area contributed by atoms with Crippen molar-refractivity contribution in [1.29, 1.82) is 0 Å². The molecule has 3 aromatic rings. The van der Waals surface area contributed by atoms with Crippen molar-refractivity contribution in [3.63, 3.8) is 0 Å². The first-order valence-corrected chi connectivity index (χ1v) is 12.3. The van der Waals surface area contributed by atoms with Gasteiger partial charge in [0.25, 0.3) is 17.5 Å². The third kappa shape index (κ3) is 6.41. The smallest absolute Gasteiger partial charge is 0.273 e. The number of thiocarbonyl (C=S) groups is 1. The van der Waals surface area contributed by atoms with Gasteiger partial charge >= 0.3 is 0 Å². The van der Waals surface area contributed by atoms with Gasteiger partial charge in [0.2, 0.25) is 0 Å². The predicted octanol–water partition coefficient (Wildman–Crippen LogP) is 4.65. The van der Waals surface area contributed by atoms with Gasteiger partial charge in [-0.15, -0.1) is 0 Å². The molecule has 190 valence electrons. The number of carbonyl (C=O) groups excluding carboxylic acids is 2. The number of piperazine rings is 1. The van der Waals surface area contributed by atoms with Crippen molar-refractivity contribution >= 4 is 57.8 Å². The van der Waals surface area contributed by atoms with E-state index in [9.17, 15) is 19.7 Å². The van der Waals surface area contributed by atoms with Crippen molar-refractivity contribution in [2.24, 2.45) is 0 Å². The Morgan fingerprint density at radius 2 is 1.57 bits per heavy atom. The Bertz CT molecular complexity index is 1340. The third-order valence-corrected chi connectivity index (χ3v) is 6.50. The van der Waals surface area contributed by atoms with Crippen LogP contribution in [0, 0.1) is 17.0 Å². The van der Waals surface area contributed by atoms with Gasteiger partial charge in [-0.25, -0.2) is 0 Å². The molecule has 1 aliphatic rings. The number of anilines is 2. The van der Waals surface area contributed by atoms with Crippen LogP contribution in [-0.4, -0.2) is 52.9 Å². The molecule has 0 aliphatic carbocycles. The number of hydrogen-bond acceptors (Lipinski definition) is 6. The minimum absolute atomic E-state index is 0.00772. The van der Waals surface area contributed by atoms with Gasteiger partial charge in [0.05, 0.1) is 4.92 Å². The highest BCUT2D eigenvalue weighted by molar-refractivity contribution is 7.80. The fraction of sp³-hybridized carbons (Fsp3) is 0.192. The monoisotopic (exact) mass is 537 g/mol. The molecule has 0 radical (unpaired) electrons. The van der Waals surface area contributed by atoms with Crippen molar-refractivity contribution in [2.75, 3.05) is 36.4 Å². The summed E-state index contributed by atoms with van der Waals surface area (Å²) in [7, 11) is 0. The first-order chi connectivity index (χ1) is 17.7. The number of benzene rings is 3. The molecule has 9 nitrogen and oxygen atoms in total.